The van der Waals surface area contributed by atoms with Gasteiger partial charge >= 0.3 is 0 Å². The Labute approximate surface area is 186 Å². The fraction of sp³-hybridized carbons (Fsp3) is 0.200. The van der Waals surface area contributed by atoms with Crippen LogP contribution in [-0.2, 0) is 4.79 Å². The molecule has 0 spiro atoms. The first-order chi connectivity index (χ1) is 15.1. The fourth-order valence-corrected chi connectivity index (χ4v) is 4.03. The standard InChI is InChI=1S/C25H24ClN3O2/c1-17(18-8-4-3-5-9-18)28-25(30)14-21(20-10-6-7-11-23(20)31-2)22-15-27-24-13-12-19(26)16-29(22)24/h3-13,15-17,21H,14H2,1-2H3,(H,28,30). The maximum atomic E-state index is 13.1. The molecule has 0 aliphatic rings. The number of imidazole rings is 1. The molecule has 2 aromatic heterocycles. The summed E-state index contributed by atoms with van der Waals surface area (Å²) in [4.78, 5) is 17.6. The Kier molecular flexibility index (Phi) is 6.23. The highest BCUT2D eigenvalue weighted by molar-refractivity contribution is 6.30. The van der Waals surface area contributed by atoms with Crippen LogP contribution in [0.2, 0.25) is 5.02 Å². The lowest BCUT2D eigenvalue weighted by Gasteiger charge is -2.21. The highest BCUT2D eigenvalue weighted by atomic mass is 35.5. The number of aromatic nitrogens is 2. The van der Waals surface area contributed by atoms with Gasteiger partial charge < -0.3 is 14.5 Å². The number of hydrogen-bond acceptors (Lipinski definition) is 3. The van der Waals surface area contributed by atoms with Crippen LogP contribution < -0.4 is 10.1 Å². The Morgan fingerprint density at radius 3 is 2.61 bits per heavy atom. The quantitative estimate of drug-likeness (QED) is 0.424. The second-order valence-electron chi connectivity index (χ2n) is 7.46. The summed E-state index contributed by atoms with van der Waals surface area (Å²) in [5, 5.41) is 3.72. The predicted molar refractivity (Wildman–Crippen MR) is 123 cm³/mol. The molecule has 0 bridgehead atoms. The highest BCUT2D eigenvalue weighted by Crippen LogP contribution is 2.35. The van der Waals surface area contributed by atoms with Crippen molar-refractivity contribution >= 4 is 23.2 Å². The van der Waals surface area contributed by atoms with Crippen LogP contribution in [0.1, 0.15) is 42.1 Å². The number of para-hydroxylation sites is 1. The average molecular weight is 434 g/mol. The van der Waals surface area contributed by atoms with Crippen molar-refractivity contribution in [3.05, 3.63) is 101 Å². The third kappa shape index (κ3) is 4.57. The molecule has 0 saturated carbocycles. The van der Waals surface area contributed by atoms with Crippen molar-refractivity contribution in [3.8, 4) is 5.75 Å². The summed E-state index contributed by atoms with van der Waals surface area (Å²) in [6.45, 7) is 1.99. The molecule has 0 radical (unpaired) electrons. The lowest BCUT2D eigenvalue weighted by atomic mass is 9.91. The number of benzene rings is 2. The predicted octanol–water partition coefficient (Wildman–Crippen LogP) is 5.40. The van der Waals surface area contributed by atoms with Crippen LogP contribution in [0.4, 0.5) is 0 Å². The number of nitrogens with zero attached hydrogens (tertiary/aromatic N) is 2. The first kappa shape index (κ1) is 20.9. The largest absolute Gasteiger partial charge is 0.496 e. The molecule has 2 atom stereocenters. The number of pyridine rings is 1. The molecular formula is C25H24ClN3O2. The van der Waals surface area contributed by atoms with E-state index in [1.165, 1.54) is 0 Å². The zero-order valence-electron chi connectivity index (χ0n) is 17.5. The lowest BCUT2D eigenvalue weighted by molar-refractivity contribution is -0.122. The molecule has 2 unspecified atom stereocenters. The molecule has 158 valence electrons. The number of nitrogens with one attached hydrogen (secondary N) is 1. The Hall–Kier alpha value is -3.31. The summed E-state index contributed by atoms with van der Waals surface area (Å²) in [6.07, 6.45) is 3.88. The molecule has 0 fully saturated rings. The number of halogens is 1. The monoisotopic (exact) mass is 433 g/mol. The van der Waals surface area contributed by atoms with E-state index in [1.54, 1.807) is 19.4 Å². The van der Waals surface area contributed by atoms with Crippen molar-refractivity contribution in [1.82, 2.24) is 14.7 Å². The van der Waals surface area contributed by atoms with Crippen molar-refractivity contribution in [2.75, 3.05) is 7.11 Å². The van der Waals surface area contributed by atoms with Crippen molar-refractivity contribution < 1.29 is 9.53 Å². The van der Waals surface area contributed by atoms with Gasteiger partial charge in [0, 0.05) is 30.3 Å². The van der Waals surface area contributed by atoms with E-state index in [4.69, 9.17) is 16.3 Å². The Bertz CT molecular complexity index is 1190. The summed E-state index contributed by atoms with van der Waals surface area (Å²) in [6, 6.07) is 21.3. The zero-order chi connectivity index (χ0) is 21.8. The molecule has 0 aliphatic heterocycles. The Morgan fingerprint density at radius 1 is 1.10 bits per heavy atom. The van der Waals surface area contributed by atoms with Crippen molar-refractivity contribution in [3.63, 3.8) is 0 Å². The maximum Gasteiger partial charge on any atom is 0.221 e. The normalized spacial score (nSPS) is 13.0. The van der Waals surface area contributed by atoms with E-state index in [2.05, 4.69) is 10.3 Å². The molecule has 4 rings (SSSR count). The van der Waals surface area contributed by atoms with E-state index in [1.807, 2.05) is 78.2 Å². The third-order valence-corrected chi connectivity index (χ3v) is 5.66. The third-order valence-electron chi connectivity index (χ3n) is 5.44. The molecule has 1 amide bonds. The molecule has 31 heavy (non-hydrogen) atoms. The van der Waals surface area contributed by atoms with Crippen LogP contribution >= 0.6 is 11.6 Å². The smallest absolute Gasteiger partial charge is 0.221 e. The minimum atomic E-state index is -0.257. The van der Waals surface area contributed by atoms with Crippen LogP contribution in [0.15, 0.2) is 79.1 Å². The number of amides is 1. The number of hydrogen-bond donors (Lipinski definition) is 1. The van der Waals surface area contributed by atoms with Gasteiger partial charge in [0.1, 0.15) is 11.4 Å². The number of fused-ring (bicyclic) bond motifs is 1. The van der Waals surface area contributed by atoms with Crippen LogP contribution in [0.3, 0.4) is 0 Å². The van der Waals surface area contributed by atoms with Crippen molar-refractivity contribution in [1.29, 1.82) is 0 Å². The molecule has 2 aromatic carbocycles. The molecule has 4 aromatic rings. The summed E-state index contributed by atoms with van der Waals surface area (Å²) in [5.74, 6) is 0.421. The SMILES string of the molecule is COc1ccccc1C(CC(=O)NC(C)c1ccccc1)c1cnc2ccc(Cl)cn12. The van der Waals surface area contributed by atoms with Crippen LogP contribution in [-0.4, -0.2) is 22.4 Å². The van der Waals surface area contributed by atoms with Gasteiger partial charge in [0.25, 0.3) is 0 Å². The number of ether oxygens (including phenoxy) is 1. The van der Waals surface area contributed by atoms with Gasteiger partial charge in [-0.1, -0.05) is 60.1 Å². The number of methoxy groups -OCH3 is 1. The number of carbonyl (C=O) groups is 1. The van der Waals surface area contributed by atoms with E-state index in [0.29, 0.717) is 5.02 Å². The fourth-order valence-electron chi connectivity index (χ4n) is 3.87. The van der Waals surface area contributed by atoms with E-state index in [0.717, 1.165) is 28.2 Å². The Morgan fingerprint density at radius 2 is 1.84 bits per heavy atom. The number of carbonyl (C=O) groups excluding carboxylic acids is 1. The summed E-state index contributed by atoms with van der Waals surface area (Å²) in [7, 11) is 1.64. The van der Waals surface area contributed by atoms with Gasteiger partial charge in [-0.2, -0.15) is 0 Å². The van der Waals surface area contributed by atoms with Crippen molar-refractivity contribution in [2.45, 2.75) is 25.3 Å². The van der Waals surface area contributed by atoms with E-state index in [-0.39, 0.29) is 24.3 Å². The topological polar surface area (TPSA) is 55.6 Å². The van der Waals surface area contributed by atoms with E-state index in [9.17, 15) is 4.79 Å². The summed E-state index contributed by atoms with van der Waals surface area (Å²) < 4.78 is 7.54. The minimum Gasteiger partial charge on any atom is -0.496 e. The molecule has 5 nitrogen and oxygen atoms in total. The molecule has 0 aliphatic carbocycles. The van der Waals surface area contributed by atoms with E-state index < -0.39 is 0 Å². The lowest BCUT2D eigenvalue weighted by Crippen LogP contribution is -2.28. The second kappa shape index (κ2) is 9.23. The maximum absolute atomic E-state index is 13.1. The van der Waals surface area contributed by atoms with Gasteiger partial charge in [0.05, 0.1) is 23.9 Å². The summed E-state index contributed by atoms with van der Waals surface area (Å²) in [5.41, 5.74) is 3.64. The molecular weight excluding hydrogens is 410 g/mol. The molecule has 0 saturated heterocycles. The zero-order valence-corrected chi connectivity index (χ0v) is 18.2. The van der Waals surface area contributed by atoms with Gasteiger partial charge in [0.15, 0.2) is 0 Å². The van der Waals surface area contributed by atoms with Gasteiger partial charge in [-0.3, -0.25) is 4.79 Å². The van der Waals surface area contributed by atoms with Crippen LogP contribution in [0.25, 0.3) is 5.65 Å². The van der Waals surface area contributed by atoms with Crippen LogP contribution in [0, 0.1) is 0 Å². The number of rotatable bonds is 7. The molecule has 6 heteroatoms. The molecule has 2 heterocycles. The first-order valence-corrected chi connectivity index (χ1v) is 10.5. The minimum absolute atomic E-state index is 0.0516. The average Bonchev–Trinajstić information content (AvgIpc) is 3.20. The highest BCUT2D eigenvalue weighted by Gasteiger charge is 2.25. The Balaban J connectivity index is 1.69. The van der Waals surface area contributed by atoms with Gasteiger partial charge in [-0.25, -0.2) is 4.98 Å². The first-order valence-electron chi connectivity index (χ1n) is 10.2. The van der Waals surface area contributed by atoms with Crippen molar-refractivity contribution in [2.24, 2.45) is 0 Å². The van der Waals surface area contributed by atoms with E-state index >= 15 is 0 Å². The van der Waals surface area contributed by atoms with Gasteiger partial charge in [0.2, 0.25) is 5.91 Å². The molecule has 1 N–H and O–H groups in total. The second-order valence-corrected chi connectivity index (χ2v) is 7.89. The van der Waals surface area contributed by atoms with Gasteiger partial charge in [-0.05, 0) is 30.7 Å². The summed E-state index contributed by atoms with van der Waals surface area (Å²) >= 11 is 6.25. The van der Waals surface area contributed by atoms with Crippen LogP contribution in [0.5, 0.6) is 5.75 Å². The van der Waals surface area contributed by atoms with Gasteiger partial charge in [-0.15, -0.1) is 0 Å².